The van der Waals surface area contributed by atoms with Crippen LogP contribution in [0.1, 0.15) is 32.4 Å². The second-order valence-corrected chi connectivity index (χ2v) is 12.7. The Morgan fingerprint density at radius 2 is 2.21 bits per heavy atom. The van der Waals surface area contributed by atoms with E-state index in [4.69, 9.17) is 4.42 Å². The largest absolute Gasteiger partial charge is 0.587 e. The van der Waals surface area contributed by atoms with Crippen LogP contribution in [0.3, 0.4) is 0 Å². The molecule has 2 aromatic rings. The van der Waals surface area contributed by atoms with Gasteiger partial charge >= 0.3 is 5.97 Å². The van der Waals surface area contributed by atoms with Gasteiger partial charge in [0.2, 0.25) is 4.21 Å². The van der Waals surface area contributed by atoms with Gasteiger partial charge in [-0.2, -0.15) is 0 Å². The molecule has 4 atom stereocenters. The summed E-state index contributed by atoms with van der Waals surface area (Å²) in [6.45, 7) is 5.23. The summed E-state index contributed by atoms with van der Waals surface area (Å²) in [7, 11) is 0. The van der Waals surface area contributed by atoms with Crippen LogP contribution in [0.4, 0.5) is 0 Å². The number of nitrogens with zero attached hydrogens (tertiary/aromatic N) is 3. The van der Waals surface area contributed by atoms with E-state index >= 15 is 0 Å². The van der Waals surface area contributed by atoms with Gasteiger partial charge in [0.1, 0.15) is 22.2 Å². The highest BCUT2D eigenvalue weighted by Gasteiger charge is 2.62. The molecule has 9 nitrogen and oxygen atoms in total. The van der Waals surface area contributed by atoms with Crippen molar-refractivity contribution in [1.82, 2.24) is 14.2 Å². The van der Waals surface area contributed by atoms with E-state index in [2.05, 4.69) is 4.98 Å². The molecule has 2 fully saturated rings. The molecular formula is C21H25N3O6S4. The summed E-state index contributed by atoms with van der Waals surface area (Å²) in [4.78, 5) is 43.8. The molecule has 0 radical (unpaired) electrons. The number of aliphatic carboxylic acids is 1. The molecule has 13 heteroatoms. The second kappa shape index (κ2) is 10.1. The van der Waals surface area contributed by atoms with E-state index in [1.807, 2.05) is 13.8 Å². The third-order valence-electron chi connectivity index (χ3n) is 5.80. The predicted molar refractivity (Wildman–Crippen MR) is 131 cm³/mol. The van der Waals surface area contributed by atoms with E-state index in [0.717, 1.165) is 10.00 Å². The van der Waals surface area contributed by atoms with E-state index < -0.39 is 40.1 Å². The summed E-state index contributed by atoms with van der Waals surface area (Å²) in [5.41, 5.74) is -0.373. The number of oxazole rings is 1. The average Bonchev–Trinajstić information content (AvgIpc) is 3.50. The fourth-order valence-corrected chi connectivity index (χ4v) is 9.16. The molecule has 0 aromatic carbocycles. The van der Waals surface area contributed by atoms with Crippen molar-refractivity contribution in [2.45, 2.75) is 54.3 Å². The van der Waals surface area contributed by atoms with Crippen molar-refractivity contribution in [2.75, 3.05) is 18.1 Å². The van der Waals surface area contributed by atoms with Gasteiger partial charge in [0, 0.05) is 37.5 Å². The first kappa shape index (κ1) is 25.4. The minimum absolute atomic E-state index is 0.0238. The first-order valence-corrected chi connectivity index (χ1v) is 14.8. The predicted octanol–water partition coefficient (Wildman–Crippen LogP) is 2.88. The summed E-state index contributed by atoms with van der Waals surface area (Å²) in [5, 5.41) is 12.1. The van der Waals surface area contributed by atoms with Crippen LogP contribution >= 0.6 is 34.9 Å². The lowest BCUT2D eigenvalue weighted by Crippen LogP contribution is -2.74. The molecule has 184 valence electrons. The van der Waals surface area contributed by atoms with Crippen LogP contribution in [-0.2, 0) is 38.6 Å². The van der Waals surface area contributed by atoms with Crippen LogP contribution in [0.2, 0.25) is 0 Å². The van der Waals surface area contributed by atoms with Crippen molar-refractivity contribution in [3.8, 4) is 0 Å². The molecule has 0 aliphatic carbocycles. The topological polar surface area (TPSA) is 127 Å². The molecule has 2 amide bonds. The molecule has 0 bridgehead atoms. The summed E-state index contributed by atoms with van der Waals surface area (Å²) >= 11 is 2.09. The smallest absolute Gasteiger partial charge is 0.313 e. The van der Waals surface area contributed by atoms with Gasteiger partial charge in [0.25, 0.3) is 11.8 Å². The number of aromatic nitrogens is 1. The number of carboxylic acids is 1. The highest BCUT2D eigenvalue weighted by Crippen LogP contribution is 2.47. The zero-order valence-corrected chi connectivity index (χ0v) is 22.2. The third-order valence-corrected chi connectivity index (χ3v) is 11.4. The molecular weight excluding hydrogens is 519 g/mol. The quantitative estimate of drug-likeness (QED) is 0.288. The first-order chi connectivity index (χ1) is 16.2. The van der Waals surface area contributed by atoms with Gasteiger partial charge in [-0.1, -0.05) is 36.9 Å². The molecule has 3 unspecified atom stereocenters. The molecule has 0 saturated carbocycles. The highest BCUT2D eigenvalue weighted by molar-refractivity contribution is 8.00. The van der Waals surface area contributed by atoms with Gasteiger partial charge in [-0.15, -0.1) is 16.1 Å². The van der Waals surface area contributed by atoms with Crippen molar-refractivity contribution < 1.29 is 28.5 Å². The summed E-state index contributed by atoms with van der Waals surface area (Å²) in [6, 6.07) is 2.52. The maximum absolute atomic E-state index is 13.1. The number of aryl methyl sites for hydroxylation is 2. The maximum atomic E-state index is 13.1. The molecule has 0 spiro atoms. The van der Waals surface area contributed by atoms with Crippen molar-refractivity contribution in [2.24, 2.45) is 5.41 Å². The van der Waals surface area contributed by atoms with E-state index in [1.165, 1.54) is 46.7 Å². The Balaban J connectivity index is 1.50. The normalized spacial score (nSPS) is 24.9. The lowest BCUT2D eigenvalue weighted by molar-refractivity contribution is -0.161. The Bertz CT molecular complexity index is 1080. The van der Waals surface area contributed by atoms with Gasteiger partial charge in [0.15, 0.2) is 17.0 Å². The summed E-state index contributed by atoms with van der Waals surface area (Å²) in [5.74, 6) is -0.727. The van der Waals surface area contributed by atoms with Gasteiger partial charge in [-0.05, 0) is 17.9 Å². The Kier molecular flexibility index (Phi) is 7.58. The SMILES string of the molecule is CCc1nc(CC)c(SCC2(C(=O)O)CS[C@@H]3C(N(C(C)=O)[S+]([O-])c4cccs4)C(=O)N3C2)o1. The van der Waals surface area contributed by atoms with Crippen LogP contribution in [-0.4, -0.2) is 71.1 Å². The highest BCUT2D eigenvalue weighted by atomic mass is 32.2. The van der Waals surface area contributed by atoms with E-state index in [9.17, 15) is 24.0 Å². The van der Waals surface area contributed by atoms with Crippen LogP contribution < -0.4 is 0 Å². The summed E-state index contributed by atoms with van der Waals surface area (Å²) in [6.07, 6.45) is 1.33. The van der Waals surface area contributed by atoms with Gasteiger partial charge < -0.3 is 19.0 Å². The number of fused-ring (bicyclic) bond motifs is 1. The zero-order valence-electron chi connectivity index (χ0n) is 18.9. The Morgan fingerprint density at radius 3 is 2.79 bits per heavy atom. The number of amides is 2. The second-order valence-electron chi connectivity index (χ2n) is 8.06. The number of β-lactam (4-membered cyclic amide) rings is 1. The van der Waals surface area contributed by atoms with E-state index in [0.29, 0.717) is 28.0 Å². The first-order valence-electron chi connectivity index (χ1n) is 10.7. The fourth-order valence-electron chi connectivity index (χ4n) is 3.92. The van der Waals surface area contributed by atoms with Crippen LogP contribution in [0.5, 0.6) is 0 Å². The zero-order chi connectivity index (χ0) is 24.6. The Labute approximate surface area is 213 Å². The lowest BCUT2D eigenvalue weighted by Gasteiger charge is -2.54. The number of carbonyl (C=O) groups excluding carboxylic acids is 2. The molecule has 4 heterocycles. The molecule has 2 aliphatic heterocycles. The van der Waals surface area contributed by atoms with Crippen LogP contribution in [0, 0.1) is 5.41 Å². The van der Waals surface area contributed by atoms with E-state index in [1.54, 1.807) is 17.5 Å². The van der Waals surface area contributed by atoms with Crippen LogP contribution in [0.25, 0.3) is 0 Å². The van der Waals surface area contributed by atoms with E-state index in [-0.39, 0.29) is 24.0 Å². The molecule has 2 aliphatic rings. The monoisotopic (exact) mass is 543 g/mol. The van der Waals surface area contributed by atoms with Gasteiger partial charge in [0.05, 0.1) is 5.69 Å². The molecule has 34 heavy (non-hydrogen) atoms. The number of thioether (sulfide) groups is 2. The standard InChI is InChI=1S/C21H25N3O6S4/c1-4-13-19(30-14(5-2)22-13)33-11-21(20(27)28)9-23-17(26)16(18(23)32-10-21)24(12(3)25)34(29)15-7-6-8-31-15/h6-8,16,18H,4-5,9-11H2,1-3H3,(H,27,28)/t16?,18-,21?,34?/m1/s1. The molecule has 4 rings (SSSR count). The minimum atomic E-state index is -1.79. The lowest BCUT2D eigenvalue weighted by atomic mass is 9.89. The molecule has 1 N–H and O–H groups in total. The number of rotatable bonds is 9. The molecule has 2 aromatic heterocycles. The van der Waals surface area contributed by atoms with Crippen molar-refractivity contribution in [1.29, 1.82) is 0 Å². The number of hydrogen-bond acceptors (Lipinski definition) is 9. The third kappa shape index (κ3) is 4.48. The fraction of sp³-hybridized carbons (Fsp3) is 0.524. The summed E-state index contributed by atoms with van der Waals surface area (Å²) < 4.78 is 20.4. The maximum Gasteiger partial charge on any atom is 0.313 e. The number of carbonyl (C=O) groups is 3. The average molecular weight is 544 g/mol. The van der Waals surface area contributed by atoms with Crippen molar-refractivity contribution in [3.05, 3.63) is 29.1 Å². The minimum Gasteiger partial charge on any atom is -0.587 e. The number of hydrogen-bond donors (Lipinski definition) is 1. The number of carboxylic acid groups (broad SMARTS) is 1. The van der Waals surface area contributed by atoms with Crippen molar-refractivity contribution >= 4 is 64.0 Å². The van der Waals surface area contributed by atoms with Gasteiger partial charge in [-0.3, -0.25) is 14.4 Å². The number of thiophene rings is 1. The Hall–Kier alpha value is -1.67. The Morgan fingerprint density at radius 1 is 1.44 bits per heavy atom. The van der Waals surface area contributed by atoms with Crippen LogP contribution in [0.15, 0.2) is 31.2 Å². The van der Waals surface area contributed by atoms with Gasteiger partial charge in [-0.25, -0.2) is 4.98 Å². The molecule has 2 saturated heterocycles. The van der Waals surface area contributed by atoms with Crippen molar-refractivity contribution in [3.63, 3.8) is 0 Å².